The highest BCUT2D eigenvalue weighted by Crippen LogP contribution is 2.31. The Bertz CT molecular complexity index is 1360. The van der Waals surface area contributed by atoms with Crippen molar-refractivity contribution in [3.8, 4) is 11.5 Å². The van der Waals surface area contributed by atoms with Crippen LogP contribution >= 0.6 is 0 Å². The molecule has 4 rings (SSSR count). The Morgan fingerprint density at radius 2 is 1.47 bits per heavy atom. The summed E-state index contributed by atoms with van der Waals surface area (Å²) in [5, 5.41) is 10.9. The molecule has 10 heteroatoms. The normalized spacial score (nSPS) is 21.0. The minimum absolute atomic E-state index is 0.0803. The highest BCUT2D eigenvalue weighted by Gasteiger charge is 2.49. The number of ether oxygens (including phenoxy) is 7. The molecule has 1 N–H and O–H groups in total. The van der Waals surface area contributed by atoms with Crippen LogP contribution in [0.5, 0.6) is 11.5 Å². The van der Waals surface area contributed by atoms with Gasteiger partial charge < -0.3 is 38.3 Å². The summed E-state index contributed by atoms with van der Waals surface area (Å²) < 4.78 is 40.6. The van der Waals surface area contributed by atoms with E-state index in [0.29, 0.717) is 31.1 Å². The first-order chi connectivity index (χ1) is 21.8. The van der Waals surface area contributed by atoms with Gasteiger partial charge in [0.1, 0.15) is 38.1 Å². The van der Waals surface area contributed by atoms with E-state index in [-0.39, 0.29) is 19.8 Å². The van der Waals surface area contributed by atoms with Gasteiger partial charge in [-0.1, -0.05) is 72.8 Å². The molecule has 1 fully saturated rings. The van der Waals surface area contributed by atoms with Gasteiger partial charge in [-0.3, -0.25) is 9.59 Å². The molecule has 0 amide bonds. The molecule has 45 heavy (non-hydrogen) atoms. The van der Waals surface area contributed by atoms with Crippen LogP contribution in [0.1, 0.15) is 30.5 Å². The van der Waals surface area contributed by atoms with Gasteiger partial charge in [0.25, 0.3) is 0 Å². The van der Waals surface area contributed by atoms with Crippen molar-refractivity contribution < 1.29 is 47.9 Å². The number of hydrogen-bond donors (Lipinski definition) is 1. The van der Waals surface area contributed by atoms with E-state index in [2.05, 4.69) is 6.58 Å². The van der Waals surface area contributed by atoms with Crippen molar-refractivity contribution >= 4 is 11.9 Å². The number of carbonyl (C=O) groups is 2. The van der Waals surface area contributed by atoms with Gasteiger partial charge in [0.05, 0.1) is 13.2 Å². The second kappa shape index (κ2) is 17.3. The first-order valence-corrected chi connectivity index (χ1v) is 14.8. The van der Waals surface area contributed by atoms with E-state index in [0.717, 1.165) is 16.7 Å². The molecule has 3 aromatic rings. The maximum atomic E-state index is 12.0. The Labute approximate surface area is 263 Å². The average molecular weight is 621 g/mol. The number of benzene rings is 3. The predicted molar refractivity (Wildman–Crippen MR) is 164 cm³/mol. The number of aliphatic hydroxyl groups is 1. The number of esters is 2. The molecule has 3 aromatic carbocycles. The van der Waals surface area contributed by atoms with Crippen molar-refractivity contribution in [2.45, 2.75) is 64.2 Å². The predicted octanol–water partition coefficient (Wildman–Crippen LogP) is 4.56. The zero-order valence-electron chi connectivity index (χ0n) is 25.5. The Balaban J connectivity index is 1.47. The molecular formula is C35H40O10. The van der Waals surface area contributed by atoms with Crippen molar-refractivity contribution in [3.05, 3.63) is 108 Å². The SMILES string of the molecule is C=CCO[C@H]1[C@H](O)[C@@H](COC(C)=O)O[C@@H](OCCc2ccc(OCc3ccccc3)c(OCc3ccccc3)c2)[C@@H]1OC(C)=O. The Hall–Kier alpha value is -4.22. The van der Waals surface area contributed by atoms with Crippen LogP contribution in [0.4, 0.5) is 0 Å². The van der Waals surface area contributed by atoms with E-state index in [4.69, 9.17) is 33.2 Å². The molecule has 0 unspecified atom stereocenters. The molecule has 0 aromatic heterocycles. The fraction of sp³-hybridized carbons (Fsp3) is 0.371. The fourth-order valence-corrected chi connectivity index (χ4v) is 4.75. The first-order valence-electron chi connectivity index (χ1n) is 14.8. The molecule has 0 radical (unpaired) electrons. The van der Waals surface area contributed by atoms with Crippen LogP contribution in [0, 0.1) is 0 Å². The molecule has 0 bridgehead atoms. The molecule has 1 aliphatic rings. The van der Waals surface area contributed by atoms with Gasteiger partial charge in [-0.15, -0.1) is 6.58 Å². The minimum Gasteiger partial charge on any atom is -0.485 e. The van der Waals surface area contributed by atoms with Crippen molar-refractivity contribution in [1.29, 1.82) is 0 Å². The highest BCUT2D eigenvalue weighted by atomic mass is 16.7. The lowest BCUT2D eigenvalue weighted by Crippen LogP contribution is -2.61. The van der Waals surface area contributed by atoms with Gasteiger partial charge in [-0.25, -0.2) is 0 Å². The van der Waals surface area contributed by atoms with E-state index >= 15 is 0 Å². The Kier molecular flexibility index (Phi) is 13.0. The smallest absolute Gasteiger partial charge is 0.303 e. The molecule has 1 aliphatic heterocycles. The van der Waals surface area contributed by atoms with Crippen LogP contribution < -0.4 is 9.47 Å². The summed E-state index contributed by atoms with van der Waals surface area (Å²) in [6.45, 7) is 6.90. The summed E-state index contributed by atoms with van der Waals surface area (Å²) >= 11 is 0. The molecule has 1 saturated heterocycles. The van der Waals surface area contributed by atoms with Crippen LogP contribution in [0.15, 0.2) is 91.5 Å². The Morgan fingerprint density at radius 1 is 0.822 bits per heavy atom. The second-order valence-electron chi connectivity index (χ2n) is 10.4. The maximum Gasteiger partial charge on any atom is 0.303 e. The maximum absolute atomic E-state index is 12.0. The molecule has 1 heterocycles. The number of hydrogen-bond acceptors (Lipinski definition) is 10. The second-order valence-corrected chi connectivity index (χ2v) is 10.4. The first kappa shape index (κ1) is 33.7. The summed E-state index contributed by atoms with van der Waals surface area (Å²) in [4.78, 5) is 23.4. The third kappa shape index (κ3) is 10.4. The minimum atomic E-state index is -1.26. The van der Waals surface area contributed by atoms with E-state index < -0.39 is 42.6 Å². The van der Waals surface area contributed by atoms with Gasteiger partial charge in [0.2, 0.25) is 0 Å². The Morgan fingerprint density at radius 3 is 2.07 bits per heavy atom. The third-order valence-electron chi connectivity index (χ3n) is 6.93. The summed E-state index contributed by atoms with van der Waals surface area (Å²) in [5.74, 6) is 0.0627. The lowest BCUT2D eigenvalue weighted by Gasteiger charge is -2.43. The topological polar surface area (TPSA) is 119 Å². The highest BCUT2D eigenvalue weighted by molar-refractivity contribution is 5.66. The van der Waals surface area contributed by atoms with E-state index in [1.165, 1.54) is 19.9 Å². The van der Waals surface area contributed by atoms with Gasteiger partial charge in [0, 0.05) is 13.8 Å². The van der Waals surface area contributed by atoms with E-state index in [9.17, 15) is 14.7 Å². The number of aliphatic hydroxyl groups excluding tert-OH is 1. The summed E-state index contributed by atoms with van der Waals surface area (Å²) in [5.41, 5.74) is 2.96. The van der Waals surface area contributed by atoms with Crippen molar-refractivity contribution in [3.63, 3.8) is 0 Å². The monoisotopic (exact) mass is 620 g/mol. The van der Waals surface area contributed by atoms with Gasteiger partial charge >= 0.3 is 11.9 Å². The lowest BCUT2D eigenvalue weighted by molar-refractivity contribution is -0.309. The molecular weight excluding hydrogens is 580 g/mol. The van der Waals surface area contributed by atoms with Gasteiger partial charge in [0.15, 0.2) is 23.9 Å². The zero-order valence-corrected chi connectivity index (χ0v) is 25.5. The molecule has 0 spiro atoms. The van der Waals surface area contributed by atoms with Crippen LogP contribution in [0.25, 0.3) is 0 Å². The zero-order chi connectivity index (χ0) is 32.0. The van der Waals surface area contributed by atoms with Crippen LogP contribution in [0.2, 0.25) is 0 Å². The molecule has 0 saturated carbocycles. The van der Waals surface area contributed by atoms with Crippen LogP contribution in [-0.4, -0.2) is 67.6 Å². The van der Waals surface area contributed by atoms with Crippen molar-refractivity contribution in [1.82, 2.24) is 0 Å². The third-order valence-corrected chi connectivity index (χ3v) is 6.93. The van der Waals surface area contributed by atoms with E-state index in [1.807, 2.05) is 78.9 Å². The standard InChI is InChI=1S/C35H40O10/c1-4-18-39-33-32(38)31(23-41-24(2)36)45-35(34(33)44-25(3)37)40-19-17-26-15-16-29(42-21-27-11-7-5-8-12-27)30(20-26)43-22-28-13-9-6-10-14-28/h4-16,20,31-35,38H,1,17-19,21-23H2,2-3H3/t31-,32-,33+,34-,35-/m1/s1. The van der Waals surface area contributed by atoms with Gasteiger partial charge in [-0.05, 0) is 35.2 Å². The molecule has 5 atom stereocenters. The average Bonchev–Trinajstić information content (AvgIpc) is 3.04. The summed E-state index contributed by atoms with van der Waals surface area (Å²) in [7, 11) is 0. The van der Waals surface area contributed by atoms with Crippen molar-refractivity contribution in [2.24, 2.45) is 0 Å². The number of carbonyl (C=O) groups excluding carboxylic acids is 2. The van der Waals surface area contributed by atoms with Gasteiger partial charge in [-0.2, -0.15) is 0 Å². The lowest BCUT2D eigenvalue weighted by atomic mass is 9.98. The fourth-order valence-electron chi connectivity index (χ4n) is 4.75. The van der Waals surface area contributed by atoms with E-state index in [1.54, 1.807) is 0 Å². The van der Waals surface area contributed by atoms with Crippen LogP contribution in [0.3, 0.4) is 0 Å². The van der Waals surface area contributed by atoms with Crippen LogP contribution in [-0.2, 0) is 52.9 Å². The summed E-state index contributed by atoms with van der Waals surface area (Å²) in [6, 6.07) is 25.4. The number of rotatable bonds is 16. The summed E-state index contributed by atoms with van der Waals surface area (Å²) in [6.07, 6.45) is -3.47. The largest absolute Gasteiger partial charge is 0.485 e. The molecule has 0 aliphatic carbocycles. The quantitative estimate of drug-likeness (QED) is 0.180. The molecule has 240 valence electrons. The molecule has 10 nitrogen and oxygen atoms in total. The van der Waals surface area contributed by atoms with Crippen molar-refractivity contribution in [2.75, 3.05) is 19.8 Å².